The topological polar surface area (TPSA) is 87.3 Å². The number of amides is 3. The van der Waals surface area contributed by atoms with Crippen molar-refractivity contribution in [1.29, 1.82) is 0 Å². The Kier molecular flexibility index (Phi) is 8.03. The predicted octanol–water partition coefficient (Wildman–Crippen LogP) is 2.40. The van der Waals surface area contributed by atoms with E-state index in [0.717, 1.165) is 23.2 Å². The number of carbonyl (C=O) groups excluding carboxylic acids is 3. The standard InChI is InChI=1S/C21H25N3O3/c1-2-6-19(25)24-18-11-9-17(10-12-18)14-22-21(27)15-23-20(26)13-16-7-4-3-5-8-16/h3-5,7-12H,2,6,13-15H2,1H3,(H,22,27)(H,23,26)(H,24,25). The van der Waals surface area contributed by atoms with Crippen LogP contribution < -0.4 is 16.0 Å². The SMILES string of the molecule is CCCC(=O)Nc1ccc(CNC(=O)CNC(=O)Cc2ccccc2)cc1. The van der Waals surface area contributed by atoms with Crippen LogP contribution in [0.25, 0.3) is 0 Å². The molecule has 0 fully saturated rings. The summed E-state index contributed by atoms with van der Waals surface area (Å²) in [5, 5.41) is 8.18. The number of rotatable bonds is 9. The van der Waals surface area contributed by atoms with E-state index in [0.29, 0.717) is 13.0 Å². The highest BCUT2D eigenvalue weighted by Gasteiger charge is 2.07. The van der Waals surface area contributed by atoms with Gasteiger partial charge in [0, 0.05) is 18.7 Å². The Bertz CT molecular complexity index is 758. The Labute approximate surface area is 159 Å². The summed E-state index contributed by atoms with van der Waals surface area (Å²) >= 11 is 0. The zero-order valence-corrected chi connectivity index (χ0v) is 15.5. The van der Waals surface area contributed by atoms with E-state index in [1.54, 1.807) is 12.1 Å². The lowest BCUT2D eigenvalue weighted by Gasteiger charge is -2.09. The normalized spacial score (nSPS) is 10.1. The molecule has 0 saturated carbocycles. The Morgan fingerprint density at radius 1 is 0.778 bits per heavy atom. The van der Waals surface area contributed by atoms with Crippen molar-refractivity contribution in [2.45, 2.75) is 32.7 Å². The molecule has 6 heteroatoms. The molecule has 0 aliphatic carbocycles. The second-order valence-corrected chi connectivity index (χ2v) is 6.21. The lowest BCUT2D eigenvalue weighted by Crippen LogP contribution is -2.37. The lowest BCUT2D eigenvalue weighted by molar-refractivity contribution is -0.125. The molecular weight excluding hydrogens is 342 g/mol. The van der Waals surface area contributed by atoms with Crippen LogP contribution in [0.3, 0.4) is 0 Å². The van der Waals surface area contributed by atoms with Crippen molar-refractivity contribution in [2.24, 2.45) is 0 Å². The minimum atomic E-state index is -0.253. The molecule has 142 valence electrons. The van der Waals surface area contributed by atoms with Crippen LogP contribution in [0.15, 0.2) is 54.6 Å². The maximum absolute atomic E-state index is 11.9. The van der Waals surface area contributed by atoms with Crippen molar-refractivity contribution in [1.82, 2.24) is 10.6 Å². The van der Waals surface area contributed by atoms with Gasteiger partial charge in [0.1, 0.15) is 0 Å². The molecule has 0 atom stereocenters. The van der Waals surface area contributed by atoms with Gasteiger partial charge in [-0.3, -0.25) is 14.4 Å². The molecule has 2 rings (SSSR count). The Hall–Kier alpha value is -3.15. The third-order valence-corrected chi connectivity index (χ3v) is 3.86. The molecular formula is C21H25N3O3. The van der Waals surface area contributed by atoms with Gasteiger partial charge >= 0.3 is 0 Å². The van der Waals surface area contributed by atoms with Crippen molar-refractivity contribution >= 4 is 23.4 Å². The van der Waals surface area contributed by atoms with Gasteiger partial charge < -0.3 is 16.0 Å². The van der Waals surface area contributed by atoms with Gasteiger partial charge in [-0.25, -0.2) is 0 Å². The maximum atomic E-state index is 11.9. The van der Waals surface area contributed by atoms with E-state index in [4.69, 9.17) is 0 Å². The van der Waals surface area contributed by atoms with Gasteiger partial charge in [0.2, 0.25) is 17.7 Å². The van der Waals surface area contributed by atoms with Gasteiger partial charge in [-0.05, 0) is 29.7 Å². The van der Waals surface area contributed by atoms with Crippen LogP contribution >= 0.6 is 0 Å². The number of hydrogen-bond donors (Lipinski definition) is 3. The van der Waals surface area contributed by atoms with E-state index in [1.807, 2.05) is 49.4 Å². The minimum absolute atomic E-state index is 0.00945. The molecule has 27 heavy (non-hydrogen) atoms. The summed E-state index contributed by atoms with van der Waals surface area (Å²) in [6, 6.07) is 16.7. The lowest BCUT2D eigenvalue weighted by atomic mass is 10.1. The first-order valence-corrected chi connectivity index (χ1v) is 9.03. The molecule has 0 aliphatic heterocycles. The van der Waals surface area contributed by atoms with Crippen LogP contribution in [-0.4, -0.2) is 24.3 Å². The summed E-state index contributed by atoms with van der Waals surface area (Å²) in [7, 11) is 0. The maximum Gasteiger partial charge on any atom is 0.239 e. The number of carbonyl (C=O) groups is 3. The van der Waals surface area contributed by atoms with Crippen LogP contribution in [0.2, 0.25) is 0 Å². The van der Waals surface area contributed by atoms with Crippen LogP contribution in [0, 0.1) is 0 Å². The molecule has 0 unspecified atom stereocenters. The second-order valence-electron chi connectivity index (χ2n) is 6.21. The average Bonchev–Trinajstić information content (AvgIpc) is 2.67. The third-order valence-electron chi connectivity index (χ3n) is 3.86. The van der Waals surface area contributed by atoms with Gasteiger partial charge in [-0.15, -0.1) is 0 Å². The van der Waals surface area contributed by atoms with Gasteiger partial charge in [0.05, 0.1) is 13.0 Å². The second kappa shape index (κ2) is 10.8. The molecule has 0 spiro atoms. The van der Waals surface area contributed by atoms with Crippen molar-refractivity contribution in [3.05, 3.63) is 65.7 Å². The van der Waals surface area contributed by atoms with E-state index in [2.05, 4.69) is 16.0 Å². The summed E-state index contributed by atoms with van der Waals surface area (Å²) in [6.45, 7) is 2.25. The van der Waals surface area contributed by atoms with E-state index >= 15 is 0 Å². The molecule has 0 radical (unpaired) electrons. The molecule has 3 N–H and O–H groups in total. The zero-order chi connectivity index (χ0) is 19.5. The van der Waals surface area contributed by atoms with Crippen LogP contribution in [0.1, 0.15) is 30.9 Å². The quantitative estimate of drug-likeness (QED) is 0.636. The monoisotopic (exact) mass is 367 g/mol. The van der Waals surface area contributed by atoms with Crippen molar-refractivity contribution in [3.63, 3.8) is 0 Å². The molecule has 3 amide bonds. The third kappa shape index (κ3) is 7.73. The molecule has 0 bridgehead atoms. The number of hydrogen-bond acceptors (Lipinski definition) is 3. The number of nitrogens with one attached hydrogen (secondary N) is 3. The van der Waals surface area contributed by atoms with Crippen LogP contribution in [-0.2, 0) is 27.3 Å². The first kappa shape index (κ1) is 20.2. The number of benzene rings is 2. The zero-order valence-electron chi connectivity index (χ0n) is 15.5. The minimum Gasteiger partial charge on any atom is -0.350 e. The average molecular weight is 367 g/mol. The fourth-order valence-corrected chi connectivity index (χ4v) is 2.44. The molecule has 2 aromatic rings. The molecule has 0 saturated heterocycles. The van der Waals surface area contributed by atoms with Crippen molar-refractivity contribution in [3.8, 4) is 0 Å². The molecule has 0 aliphatic rings. The summed E-state index contributed by atoms with van der Waals surface area (Å²) < 4.78 is 0. The fourth-order valence-electron chi connectivity index (χ4n) is 2.44. The van der Waals surface area contributed by atoms with Gasteiger partial charge in [0.25, 0.3) is 0 Å². The van der Waals surface area contributed by atoms with E-state index in [1.165, 1.54) is 0 Å². The van der Waals surface area contributed by atoms with Crippen LogP contribution in [0.5, 0.6) is 0 Å². The first-order valence-electron chi connectivity index (χ1n) is 9.03. The highest BCUT2D eigenvalue weighted by Crippen LogP contribution is 2.10. The Morgan fingerprint density at radius 2 is 1.48 bits per heavy atom. The summed E-state index contributed by atoms with van der Waals surface area (Å²) in [5.41, 5.74) is 2.55. The molecule has 6 nitrogen and oxygen atoms in total. The fraction of sp³-hybridized carbons (Fsp3) is 0.286. The van der Waals surface area contributed by atoms with Crippen LogP contribution in [0.4, 0.5) is 5.69 Å². The summed E-state index contributed by atoms with van der Waals surface area (Å²) in [4.78, 5) is 35.3. The summed E-state index contributed by atoms with van der Waals surface area (Å²) in [5.74, 6) is -0.454. The Morgan fingerprint density at radius 3 is 2.15 bits per heavy atom. The largest absolute Gasteiger partial charge is 0.350 e. The molecule has 0 aromatic heterocycles. The van der Waals surface area contributed by atoms with Gasteiger partial charge in [-0.1, -0.05) is 49.4 Å². The van der Waals surface area contributed by atoms with Crippen molar-refractivity contribution in [2.75, 3.05) is 11.9 Å². The summed E-state index contributed by atoms with van der Waals surface area (Å²) in [6.07, 6.45) is 1.55. The molecule has 0 heterocycles. The van der Waals surface area contributed by atoms with E-state index < -0.39 is 0 Å². The smallest absolute Gasteiger partial charge is 0.239 e. The highest BCUT2D eigenvalue weighted by atomic mass is 16.2. The Balaban J connectivity index is 1.69. The van der Waals surface area contributed by atoms with Gasteiger partial charge in [-0.2, -0.15) is 0 Å². The van der Waals surface area contributed by atoms with E-state index in [9.17, 15) is 14.4 Å². The first-order chi connectivity index (χ1) is 13.1. The van der Waals surface area contributed by atoms with Crippen molar-refractivity contribution < 1.29 is 14.4 Å². The van der Waals surface area contributed by atoms with Gasteiger partial charge in [0.15, 0.2) is 0 Å². The van der Waals surface area contributed by atoms with E-state index in [-0.39, 0.29) is 30.7 Å². The highest BCUT2D eigenvalue weighted by molar-refractivity contribution is 5.90. The number of anilines is 1. The molecule has 2 aromatic carbocycles. The predicted molar refractivity (Wildman–Crippen MR) is 105 cm³/mol.